The first-order valence-electron chi connectivity index (χ1n) is 7.02. The number of thiazole rings is 1. The first kappa shape index (κ1) is 17.0. The second kappa shape index (κ2) is 6.21. The van der Waals surface area contributed by atoms with Crippen molar-refractivity contribution < 1.29 is 23.1 Å². The van der Waals surface area contributed by atoms with Crippen molar-refractivity contribution in [1.29, 1.82) is 0 Å². The van der Waals surface area contributed by atoms with Crippen LogP contribution in [-0.2, 0) is 6.18 Å². The summed E-state index contributed by atoms with van der Waals surface area (Å²) in [5.41, 5.74) is 5.74. The number of nitrogens with two attached hydrogens (primary N) is 1. The van der Waals surface area contributed by atoms with Gasteiger partial charge in [0.05, 0.1) is 16.8 Å². The third kappa shape index (κ3) is 3.48. The molecule has 128 valence electrons. The van der Waals surface area contributed by atoms with E-state index >= 15 is 0 Å². The Morgan fingerprint density at radius 3 is 2.56 bits per heavy atom. The van der Waals surface area contributed by atoms with Crippen LogP contribution in [-0.4, -0.2) is 16.0 Å². The monoisotopic (exact) mass is 364 g/mol. The molecule has 0 unspecified atom stereocenters. The number of nitrogens with zero attached hydrogens (tertiary/aromatic N) is 1. The van der Waals surface area contributed by atoms with Crippen molar-refractivity contribution in [3.63, 3.8) is 0 Å². The van der Waals surface area contributed by atoms with Crippen molar-refractivity contribution in [2.75, 3.05) is 0 Å². The molecule has 8 heteroatoms. The molecular weight excluding hydrogens is 353 g/mol. The Balaban J connectivity index is 1.99. The molecule has 0 spiro atoms. The number of primary amides is 1. The highest BCUT2D eigenvalue weighted by Gasteiger charge is 2.30. The van der Waals surface area contributed by atoms with Crippen molar-refractivity contribution >= 4 is 17.2 Å². The van der Waals surface area contributed by atoms with Crippen molar-refractivity contribution in [2.24, 2.45) is 5.73 Å². The van der Waals surface area contributed by atoms with Crippen molar-refractivity contribution in [3.05, 3.63) is 59.0 Å². The summed E-state index contributed by atoms with van der Waals surface area (Å²) in [4.78, 5) is 15.6. The van der Waals surface area contributed by atoms with Gasteiger partial charge in [-0.2, -0.15) is 13.2 Å². The molecule has 0 aliphatic carbocycles. The number of alkyl halides is 3. The number of phenols is 1. The van der Waals surface area contributed by atoms with Gasteiger partial charge in [-0.3, -0.25) is 4.79 Å². The van der Waals surface area contributed by atoms with Crippen molar-refractivity contribution in [3.8, 4) is 27.6 Å². The smallest absolute Gasteiger partial charge is 0.416 e. The number of aromatic nitrogens is 1. The number of hydrogen-bond acceptors (Lipinski definition) is 4. The van der Waals surface area contributed by atoms with Crippen LogP contribution in [0, 0.1) is 0 Å². The highest BCUT2D eigenvalue weighted by molar-refractivity contribution is 7.13. The molecule has 25 heavy (non-hydrogen) atoms. The molecule has 0 aliphatic rings. The molecule has 2 aromatic carbocycles. The van der Waals surface area contributed by atoms with Crippen LogP contribution in [0.15, 0.2) is 47.8 Å². The lowest BCUT2D eigenvalue weighted by atomic mass is 10.1. The Hall–Kier alpha value is -2.87. The summed E-state index contributed by atoms with van der Waals surface area (Å²) in [5, 5.41) is 11.7. The van der Waals surface area contributed by atoms with Crippen LogP contribution >= 0.6 is 11.3 Å². The van der Waals surface area contributed by atoms with Gasteiger partial charge in [0.2, 0.25) is 0 Å². The molecule has 1 aromatic heterocycles. The maximum Gasteiger partial charge on any atom is 0.416 e. The highest BCUT2D eigenvalue weighted by atomic mass is 32.1. The van der Waals surface area contributed by atoms with Gasteiger partial charge in [-0.25, -0.2) is 4.98 Å². The fourth-order valence-corrected chi connectivity index (χ4v) is 3.09. The Kier molecular flexibility index (Phi) is 4.22. The maximum absolute atomic E-state index is 12.8. The van der Waals surface area contributed by atoms with Crippen LogP contribution in [0.3, 0.4) is 0 Å². The van der Waals surface area contributed by atoms with Crippen LogP contribution in [0.25, 0.3) is 21.8 Å². The Labute approximate surface area is 144 Å². The number of carbonyl (C=O) groups is 1. The van der Waals surface area contributed by atoms with E-state index < -0.39 is 17.6 Å². The number of halogens is 3. The van der Waals surface area contributed by atoms with E-state index in [1.165, 1.54) is 29.5 Å². The number of benzene rings is 2. The Morgan fingerprint density at radius 1 is 1.12 bits per heavy atom. The molecule has 0 saturated heterocycles. The molecule has 0 aliphatic heterocycles. The summed E-state index contributed by atoms with van der Waals surface area (Å²) in [5.74, 6) is -1.03. The largest absolute Gasteiger partial charge is 0.507 e. The highest BCUT2D eigenvalue weighted by Crippen LogP contribution is 2.35. The standard InChI is InChI=1S/C17H11F3N2O2S/c18-17(19,20)11-3-1-2-10(6-11)16-22-13(8-25-16)9-4-5-14(23)12(7-9)15(21)24/h1-8,23H,(H2,21,24). The van der Waals surface area contributed by atoms with Crippen molar-refractivity contribution in [2.45, 2.75) is 6.18 Å². The topological polar surface area (TPSA) is 76.2 Å². The molecule has 1 heterocycles. The van der Waals surface area contributed by atoms with E-state index in [0.717, 1.165) is 12.1 Å². The lowest BCUT2D eigenvalue weighted by Gasteiger charge is -2.07. The maximum atomic E-state index is 12.8. The summed E-state index contributed by atoms with van der Waals surface area (Å²) >= 11 is 1.18. The van der Waals surface area contributed by atoms with E-state index in [-0.39, 0.29) is 11.3 Å². The zero-order valence-corrected chi connectivity index (χ0v) is 13.4. The van der Waals surface area contributed by atoms with Gasteiger partial charge < -0.3 is 10.8 Å². The molecular formula is C17H11F3N2O2S. The quantitative estimate of drug-likeness (QED) is 0.727. The molecule has 0 saturated carbocycles. The van der Waals surface area contributed by atoms with Crippen LogP contribution < -0.4 is 5.73 Å². The minimum absolute atomic E-state index is 0.0499. The SMILES string of the molecule is NC(=O)c1cc(-c2csc(-c3cccc(C(F)(F)F)c3)n2)ccc1O. The number of amides is 1. The van der Waals surface area contributed by atoms with Gasteiger partial charge >= 0.3 is 6.18 Å². The summed E-state index contributed by atoms with van der Waals surface area (Å²) in [6.45, 7) is 0. The van der Waals surface area contributed by atoms with Gasteiger partial charge in [0.1, 0.15) is 10.8 Å². The van der Waals surface area contributed by atoms with Crippen molar-refractivity contribution in [1.82, 2.24) is 4.98 Å². The number of rotatable bonds is 3. The molecule has 0 radical (unpaired) electrons. The zero-order chi connectivity index (χ0) is 18.2. The summed E-state index contributed by atoms with van der Waals surface area (Å²) < 4.78 is 38.5. The Bertz CT molecular complexity index is 951. The van der Waals surface area contributed by atoms with E-state index in [9.17, 15) is 23.1 Å². The minimum atomic E-state index is -4.43. The first-order chi connectivity index (χ1) is 11.8. The summed E-state index contributed by atoms with van der Waals surface area (Å²) in [6, 6.07) is 9.16. The van der Waals surface area contributed by atoms with Gasteiger partial charge in [0.25, 0.3) is 5.91 Å². The first-order valence-corrected chi connectivity index (χ1v) is 7.90. The third-order valence-corrected chi connectivity index (χ3v) is 4.39. The average Bonchev–Trinajstić information content (AvgIpc) is 3.04. The van der Waals surface area contributed by atoms with E-state index in [1.54, 1.807) is 17.5 Å². The van der Waals surface area contributed by atoms with Gasteiger partial charge in [-0.15, -0.1) is 11.3 Å². The third-order valence-electron chi connectivity index (χ3n) is 3.50. The van der Waals surface area contributed by atoms with Crippen LogP contribution in [0.1, 0.15) is 15.9 Å². The van der Waals surface area contributed by atoms with E-state index in [2.05, 4.69) is 4.98 Å². The fourth-order valence-electron chi connectivity index (χ4n) is 2.26. The normalized spacial score (nSPS) is 11.5. The molecule has 4 nitrogen and oxygen atoms in total. The van der Waals surface area contributed by atoms with E-state index in [4.69, 9.17) is 5.73 Å². The molecule has 0 bridgehead atoms. The molecule has 0 fully saturated rings. The van der Waals surface area contributed by atoms with E-state index in [1.807, 2.05) is 0 Å². The number of carbonyl (C=O) groups excluding carboxylic acids is 1. The second-order valence-corrected chi connectivity index (χ2v) is 6.07. The van der Waals surface area contributed by atoms with Crippen LogP contribution in [0.5, 0.6) is 5.75 Å². The van der Waals surface area contributed by atoms with E-state index in [0.29, 0.717) is 21.8 Å². The molecule has 1 amide bonds. The predicted octanol–water partition coefficient (Wildman–Crippen LogP) is 4.30. The Morgan fingerprint density at radius 2 is 1.88 bits per heavy atom. The van der Waals surface area contributed by atoms with Gasteiger partial charge in [-0.1, -0.05) is 12.1 Å². The zero-order valence-electron chi connectivity index (χ0n) is 12.5. The van der Waals surface area contributed by atoms with Gasteiger partial charge in [-0.05, 0) is 30.3 Å². The number of hydrogen-bond donors (Lipinski definition) is 2. The fraction of sp³-hybridized carbons (Fsp3) is 0.0588. The molecule has 0 atom stereocenters. The average molecular weight is 364 g/mol. The van der Waals surface area contributed by atoms with Gasteiger partial charge in [0, 0.05) is 16.5 Å². The number of aromatic hydroxyl groups is 1. The predicted molar refractivity (Wildman–Crippen MR) is 88.2 cm³/mol. The van der Waals surface area contributed by atoms with Gasteiger partial charge in [0.15, 0.2) is 0 Å². The molecule has 3 rings (SSSR count). The summed E-state index contributed by atoms with van der Waals surface area (Å²) in [6.07, 6.45) is -4.43. The minimum Gasteiger partial charge on any atom is -0.507 e. The summed E-state index contributed by atoms with van der Waals surface area (Å²) in [7, 11) is 0. The molecule has 3 N–H and O–H groups in total. The molecule has 3 aromatic rings. The lowest BCUT2D eigenvalue weighted by Crippen LogP contribution is -2.11. The lowest BCUT2D eigenvalue weighted by molar-refractivity contribution is -0.137. The van der Waals surface area contributed by atoms with Crippen LogP contribution in [0.4, 0.5) is 13.2 Å². The van der Waals surface area contributed by atoms with Crippen LogP contribution in [0.2, 0.25) is 0 Å². The second-order valence-electron chi connectivity index (χ2n) is 5.21.